The van der Waals surface area contributed by atoms with Crippen LogP contribution in [0, 0.1) is 5.92 Å². The fraction of sp³-hybridized carbons (Fsp3) is 0.286. The summed E-state index contributed by atoms with van der Waals surface area (Å²) in [6.45, 7) is 1.78. The Kier molecular flexibility index (Phi) is 3.99. The molecule has 120 valence electrons. The summed E-state index contributed by atoms with van der Waals surface area (Å²) in [5.41, 5.74) is 2.63. The van der Waals surface area contributed by atoms with Crippen molar-refractivity contribution in [2.75, 3.05) is 11.5 Å². The minimum absolute atomic E-state index is 0.109. The van der Waals surface area contributed by atoms with Gasteiger partial charge in [-0.2, -0.15) is 5.10 Å². The number of carbonyl (C=O) groups excluding carboxylic acids is 3. The lowest BCUT2D eigenvalue weighted by Gasteiger charge is -2.17. The summed E-state index contributed by atoms with van der Waals surface area (Å²) in [5, 5.41) is 4.31. The van der Waals surface area contributed by atoms with Crippen LogP contribution in [0.15, 0.2) is 23.3 Å². The van der Waals surface area contributed by atoms with Gasteiger partial charge >= 0.3 is 5.97 Å². The normalized spacial score (nSPS) is 22.7. The Balaban J connectivity index is 1.95. The number of fused-ring (bicyclic) bond motifs is 1. The Bertz CT molecular complexity index is 750. The zero-order valence-electron chi connectivity index (χ0n) is 11.9. The van der Waals surface area contributed by atoms with Crippen LogP contribution in [0.5, 0.6) is 0 Å². The lowest BCUT2D eigenvalue weighted by atomic mass is 9.99. The number of hydrogen-bond donors (Lipinski definition) is 1. The second kappa shape index (κ2) is 5.82. The van der Waals surface area contributed by atoms with Crippen LogP contribution in [-0.4, -0.2) is 36.1 Å². The number of halogens is 2. The Morgan fingerprint density at radius 1 is 1.35 bits per heavy atom. The number of benzene rings is 1. The standard InChI is InChI=1S/C14H11Cl2N3O4/c1-2-23-14(22)11-9-10(17-18-11)13(21)19(12(9)20)8-4-3-6(15)5-7(8)16/h3-5,9-10,17H,2H2,1H3. The van der Waals surface area contributed by atoms with Crippen molar-refractivity contribution >= 4 is 52.4 Å². The summed E-state index contributed by atoms with van der Waals surface area (Å²) in [6, 6.07) is 3.49. The quantitative estimate of drug-likeness (QED) is 0.653. The second-order valence-electron chi connectivity index (χ2n) is 4.91. The molecule has 7 nitrogen and oxygen atoms in total. The van der Waals surface area contributed by atoms with Crippen molar-refractivity contribution in [1.29, 1.82) is 0 Å². The molecule has 2 unspecified atom stereocenters. The monoisotopic (exact) mass is 355 g/mol. The van der Waals surface area contributed by atoms with Crippen molar-refractivity contribution in [2.45, 2.75) is 13.0 Å². The minimum Gasteiger partial charge on any atom is -0.461 e. The topological polar surface area (TPSA) is 88.1 Å². The second-order valence-corrected chi connectivity index (χ2v) is 5.75. The number of amides is 2. The molecule has 1 N–H and O–H groups in total. The summed E-state index contributed by atoms with van der Waals surface area (Å²) < 4.78 is 4.86. The smallest absolute Gasteiger partial charge is 0.355 e. The van der Waals surface area contributed by atoms with E-state index in [1.807, 2.05) is 0 Å². The van der Waals surface area contributed by atoms with Crippen molar-refractivity contribution in [3.8, 4) is 0 Å². The maximum atomic E-state index is 12.6. The van der Waals surface area contributed by atoms with Crippen molar-refractivity contribution in [3.05, 3.63) is 28.2 Å². The van der Waals surface area contributed by atoms with Crippen LogP contribution in [0.2, 0.25) is 10.0 Å². The highest BCUT2D eigenvalue weighted by atomic mass is 35.5. The van der Waals surface area contributed by atoms with Gasteiger partial charge in [0, 0.05) is 5.02 Å². The Hall–Kier alpha value is -2.12. The molecule has 2 aliphatic rings. The number of carbonyl (C=O) groups is 3. The first-order chi connectivity index (χ1) is 11.0. The molecule has 0 bridgehead atoms. The SMILES string of the molecule is CCOC(=O)C1=NNC2C(=O)N(c3ccc(Cl)cc3Cl)C(=O)C12. The first-order valence-corrected chi connectivity index (χ1v) is 7.54. The van der Waals surface area contributed by atoms with Crippen LogP contribution < -0.4 is 10.3 Å². The van der Waals surface area contributed by atoms with Gasteiger partial charge in [-0.15, -0.1) is 0 Å². The van der Waals surface area contributed by atoms with Gasteiger partial charge in [0.1, 0.15) is 12.0 Å². The first-order valence-electron chi connectivity index (χ1n) is 6.78. The number of imide groups is 1. The van der Waals surface area contributed by atoms with Gasteiger partial charge < -0.3 is 4.74 Å². The zero-order valence-corrected chi connectivity index (χ0v) is 13.4. The molecule has 0 saturated carbocycles. The molecule has 3 rings (SSSR count). The maximum absolute atomic E-state index is 12.6. The summed E-state index contributed by atoms with van der Waals surface area (Å²) in [7, 11) is 0. The van der Waals surface area contributed by atoms with E-state index < -0.39 is 29.7 Å². The van der Waals surface area contributed by atoms with E-state index in [2.05, 4.69) is 10.5 Å². The van der Waals surface area contributed by atoms with E-state index in [9.17, 15) is 14.4 Å². The Morgan fingerprint density at radius 3 is 2.74 bits per heavy atom. The minimum atomic E-state index is -1.02. The highest BCUT2D eigenvalue weighted by molar-refractivity contribution is 6.47. The van der Waals surface area contributed by atoms with Gasteiger partial charge in [0.15, 0.2) is 5.71 Å². The van der Waals surface area contributed by atoms with E-state index in [-0.39, 0.29) is 23.0 Å². The van der Waals surface area contributed by atoms with E-state index in [0.717, 1.165) is 4.90 Å². The largest absolute Gasteiger partial charge is 0.461 e. The number of esters is 1. The highest BCUT2D eigenvalue weighted by Crippen LogP contribution is 2.35. The Morgan fingerprint density at radius 2 is 2.09 bits per heavy atom. The molecule has 0 spiro atoms. The zero-order chi connectivity index (χ0) is 16.7. The van der Waals surface area contributed by atoms with Gasteiger partial charge in [-0.1, -0.05) is 23.2 Å². The number of rotatable bonds is 3. The van der Waals surface area contributed by atoms with E-state index in [4.69, 9.17) is 27.9 Å². The number of nitrogens with one attached hydrogen (secondary N) is 1. The third-order valence-corrected chi connectivity index (χ3v) is 4.10. The molecule has 1 aromatic rings. The van der Waals surface area contributed by atoms with E-state index in [1.54, 1.807) is 6.92 Å². The van der Waals surface area contributed by atoms with Crippen molar-refractivity contribution < 1.29 is 19.1 Å². The van der Waals surface area contributed by atoms with Crippen molar-refractivity contribution in [3.63, 3.8) is 0 Å². The molecule has 1 aromatic carbocycles. The molecule has 9 heteroatoms. The number of hydrazone groups is 1. The van der Waals surface area contributed by atoms with Gasteiger partial charge in [-0.25, -0.2) is 9.69 Å². The van der Waals surface area contributed by atoms with E-state index in [0.29, 0.717) is 5.02 Å². The molecule has 1 saturated heterocycles. The summed E-state index contributed by atoms with van der Waals surface area (Å²) in [6.07, 6.45) is 0. The molecule has 0 aliphatic carbocycles. The first kappa shape index (κ1) is 15.8. The van der Waals surface area contributed by atoms with Gasteiger partial charge in [0.05, 0.1) is 17.3 Å². The van der Waals surface area contributed by atoms with E-state index in [1.165, 1.54) is 18.2 Å². The van der Waals surface area contributed by atoms with Crippen molar-refractivity contribution in [1.82, 2.24) is 5.43 Å². The molecule has 0 aromatic heterocycles. The van der Waals surface area contributed by atoms with Gasteiger partial charge in [0.25, 0.3) is 5.91 Å². The average Bonchev–Trinajstić information content (AvgIpc) is 3.02. The molecule has 1 fully saturated rings. The van der Waals surface area contributed by atoms with Crippen LogP contribution >= 0.6 is 23.2 Å². The maximum Gasteiger partial charge on any atom is 0.355 e. The summed E-state index contributed by atoms with van der Waals surface area (Å²) >= 11 is 11.9. The molecule has 0 radical (unpaired) electrons. The molecule has 2 heterocycles. The van der Waals surface area contributed by atoms with Crippen LogP contribution in [-0.2, 0) is 19.1 Å². The van der Waals surface area contributed by atoms with Crippen molar-refractivity contribution in [2.24, 2.45) is 11.0 Å². The Labute approximate surface area is 141 Å². The predicted octanol–water partition coefficient (Wildman–Crippen LogP) is 1.37. The van der Waals surface area contributed by atoms with Crippen LogP contribution in [0.3, 0.4) is 0 Å². The van der Waals surface area contributed by atoms with Gasteiger partial charge in [-0.3, -0.25) is 15.0 Å². The summed E-state index contributed by atoms with van der Waals surface area (Å²) in [5.74, 6) is -2.86. The molecular formula is C14H11Cl2N3O4. The predicted molar refractivity (Wildman–Crippen MR) is 83.4 cm³/mol. The fourth-order valence-corrected chi connectivity index (χ4v) is 3.06. The number of hydrogen-bond acceptors (Lipinski definition) is 6. The molecule has 23 heavy (non-hydrogen) atoms. The lowest BCUT2D eigenvalue weighted by molar-refractivity contribution is -0.136. The summed E-state index contributed by atoms with van der Waals surface area (Å²) in [4.78, 5) is 37.9. The molecule has 2 atom stereocenters. The molecular weight excluding hydrogens is 345 g/mol. The number of anilines is 1. The van der Waals surface area contributed by atoms with Crippen LogP contribution in [0.4, 0.5) is 5.69 Å². The molecule has 2 amide bonds. The third-order valence-electron chi connectivity index (χ3n) is 3.56. The number of nitrogens with zero attached hydrogens (tertiary/aromatic N) is 2. The van der Waals surface area contributed by atoms with Gasteiger partial charge in [0.2, 0.25) is 5.91 Å². The van der Waals surface area contributed by atoms with Gasteiger partial charge in [-0.05, 0) is 25.1 Å². The molecule has 2 aliphatic heterocycles. The fourth-order valence-electron chi connectivity index (χ4n) is 2.56. The average molecular weight is 356 g/mol. The third kappa shape index (κ3) is 2.46. The van der Waals surface area contributed by atoms with E-state index >= 15 is 0 Å². The lowest BCUT2D eigenvalue weighted by Crippen LogP contribution is -2.36. The highest BCUT2D eigenvalue weighted by Gasteiger charge is 2.56. The van der Waals surface area contributed by atoms with Crippen LogP contribution in [0.1, 0.15) is 6.92 Å². The number of ether oxygens (including phenoxy) is 1. The van der Waals surface area contributed by atoms with Crippen LogP contribution in [0.25, 0.3) is 0 Å².